The lowest BCUT2D eigenvalue weighted by Crippen LogP contribution is -1.98. The van der Waals surface area contributed by atoms with E-state index in [4.69, 9.17) is 16.3 Å². The van der Waals surface area contributed by atoms with E-state index in [2.05, 4.69) is 10.1 Å². The smallest absolute Gasteiger partial charge is 0.163 e. The number of halogens is 1. The van der Waals surface area contributed by atoms with Gasteiger partial charge in [-0.1, -0.05) is 11.6 Å². The Hall–Kier alpha value is -1.29. The van der Waals surface area contributed by atoms with Crippen molar-refractivity contribution in [1.82, 2.24) is 14.8 Å². The van der Waals surface area contributed by atoms with Gasteiger partial charge in [0.1, 0.15) is 10.7 Å². The highest BCUT2D eigenvalue weighted by Crippen LogP contribution is 2.28. The zero-order valence-corrected chi connectivity index (χ0v) is 8.75. The first-order chi connectivity index (χ1) is 6.77. The molecule has 74 valence electrons. The Balaban J connectivity index is 2.82. The fourth-order valence-electron chi connectivity index (χ4n) is 1.43. The highest BCUT2D eigenvalue weighted by atomic mass is 35.5. The van der Waals surface area contributed by atoms with E-state index in [0.29, 0.717) is 10.9 Å². The summed E-state index contributed by atoms with van der Waals surface area (Å²) < 4.78 is 7.04. The second kappa shape index (κ2) is 3.46. The molecule has 0 aromatic carbocycles. The van der Waals surface area contributed by atoms with Gasteiger partial charge in [-0.15, -0.1) is 0 Å². The van der Waals surface area contributed by atoms with Gasteiger partial charge in [-0.3, -0.25) is 4.68 Å². The van der Waals surface area contributed by atoms with Crippen molar-refractivity contribution in [2.24, 2.45) is 0 Å². The number of aromatic nitrogens is 3. The van der Waals surface area contributed by atoms with Crippen LogP contribution in [0.3, 0.4) is 0 Å². The predicted octanol–water partition coefficient (Wildman–Crippen LogP) is 2.11. The Kier molecular flexibility index (Phi) is 2.29. The summed E-state index contributed by atoms with van der Waals surface area (Å²) >= 11 is 5.94. The van der Waals surface area contributed by atoms with Gasteiger partial charge in [0.2, 0.25) is 0 Å². The molecule has 0 atom stereocenters. The van der Waals surface area contributed by atoms with Gasteiger partial charge >= 0.3 is 0 Å². The van der Waals surface area contributed by atoms with Crippen LogP contribution in [0.1, 0.15) is 6.92 Å². The SMILES string of the molecule is CCn1ncc2c(Cl)ncc(OC)c21. The summed E-state index contributed by atoms with van der Waals surface area (Å²) in [5.41, 5.74) is 0.898. The molecule has 0 bridgehead atoms. The molecule has 2 rings (SSSR count). The van der Waals surface area contributed by atoms with Crippen LogP contribution in [0.15, 0.2) is 12.4 Å². The molecule has 5 heteroatoms. The van der Waals surface area contributed by atoms with E-state index in [0.717, 1.165) is 17.4 Å². The zero-order valence-electron chi connectivity index (χ0n) is 7.99. The summed E-state index contributed by atoms with van der Waals surface area (Å²) in [5.74, 6) is 0.698. The number of aryl methyl sites for hydroxylation is 1. The maximum atomic E-state index is 5.94. The van der Waals surface area contributed by atoms with Gasteiger partial charge in [0, 0.05) is 6.54 Å². The number of nitrogens with zero attached hydrogens (tertiary/aromatic N) is 3. The molecule has 14 heavy (non-hydrogen) atoms. The Morgan fingerprint density at radius 3 is 2.93 bits per heavy atom. The molecule has 0 aliphatic heterocycles. The van der Waals surface area contributed by atoms with Crippen LogP contribution < -0.4 is 4.74 Å². The number of hydrogen-bond acceptors (Lipinski definition) is 3. The highest BCUT2D eigenvalue weighted by Gasteiger charge is 2.11. The van der Waals surface area contributed by atoms with E-state index in [1.54, 1.807) is 19.5 Å². The number of hydrogen-bond donors (Lipinski definition) is 0. The van der Waals surface area contributed by atoms with Crippen molar-refractivity contribution in [2.45, 2.75) is 13.5 Å². The summed E-state index contributed by atoms with van der Waals surface area (Å²) in [6, 6.07) is 0. The second-order valence-electron chi connectivity index (χ2n) is 2.84. The van der Waals surface area contributed by atoms with Crippen molar-refractivity contribution < 1.29 is 4.74 Å². The summed E-state index contributed by atoms with van der Waals surface area (Å²) in [4.78, 5) is 4.01. The van der Waals surface area contributed by atoms with Crippen molar-refractivity contribution in [3.8, 4) is 5.75 Å². The molecule has 0 N–H and O–H groups in total. The van der Waals surface area contributed by atoms with Crippen molar-refractivity contribution in [1.29, 1.82) is 0 Å². The van der Waals surface area contributed by atoms with Crippen LogP contribution >= 0.6 is 11.6 Å². The number of methoxy groups -OCH3 is 1. The van der Waals surface area contributed by atoms with Crippen LogP contribution in [0, 0.1) is 0 Å². The van der Waals surface area contributed by atoms with Gasteiger partial charge in [0.05, 0.1) is 24.9 Å². The van der Waals surface area contributed by atoms with Gasteiger partial charge in [0.15, 0.2) is 5.75 Å². The normalized spacial score (nSPS) is 10.8. The molecule has 0 radical (unpaired) electrons. The molecule has 2 aromatic heterocycles. The highest BCUT2D eigenvalue weighted by molar-refractivity contribution is 6.34. The lowest BCUT2D eigenvalue weighted by atomic mass is 10.3. The molecular weight excluding hydrogens is 202 g/mol. The Bertz CT molecular complexity index is 466. The van der Waals surface area contributed by atoms with E-state index in [1.165, 1.54) is 0 Å². The molecular formula is C9H10ClN3O. The van der Waals surface area contributed by atoms with Crippen LogP contribution in [0.4, 0.5) is 0 Å². The molecule has 0 saturated carbocycles. The van der Waals surface area contributed by atoms with E-state index in [9.17, 15) is 0 Å². The van der Waals surface area contributed by atoms with E-state index in [-0.39, 0.29) is 0 Å². The monoisotopic (exact) mass is 211 g/mol. The average molecular weight is 212 g/mol. The number of rotatable bonds is 2. The first kappa shape index (κ1) is 9.27. The maximum Gasteiger partial charge on any atom is 0.163 e. The van der Waals surface area contributed by atoms with Crippen LogP contribution in [0.25, 0.3) is 10.9 Å². The predicted molar refractivity (Wildman–Crippen MR) is 54.8 cm³/mol. The standard InChI is InChI=1S/C9H10ClN3O/c1-3-13-8-6(4-12-13)9(10)11-5-7(8)14-2/h4-5H,3H2,1-2H3. The Morgan fingerprint density at radius 1 is 1.50 bits per heavy atom. The summed E-state index contributed by atoms with van der Waals surface area (Å²) in [6.45, 7) is 2.79. The summed E-state index contributed by atoms with van der Waals surface area (Å²) in [5, 5.41) is 5.48. The molecule has 0 aliphatic rings. The molecule has 0 aliphatic carbocycles. The molecule has 0 saturated heterocycles. The van der Waals surface area contributed by atoms with Gasteiger partial charge in [-0.05, 0) is 6.92 Å². The van der Waals surface area contributed by atoms with E-state index >= 15 is 0 Å². The van der Waals surface area contributed by atoms with Crippen LogP contribution in [0.2, 0.25) is 5.15 Å². The average Bonchev–Trinajstić information content (AvgIpc) is 2.63. The Labute approximate surface area is 86.5 Å². The molecule has 0 fully saturated rings. The number of ether oxygens (including phenoxy) is 1. The minimum absolute atomic E-state index is 0.459. The maximum absolute atomic E-state index is 5.94. The van der Waals surface area contributed by atoms with Crippen molar-refractivity contribution in [2.75, 3.05) is 7.11 Å². The van der Waals surface area contributed by atoms with Gasteiger partial charge < -0.3 is 4.74 Å². The molecule has 2 heterocycles. The van der Waals surface area contributed by atoms with Gasteiger partial charge in [-0.2, -0.15) is 5.10 Å². The second-order valence-corrected chi connectivity index (χ2v) is 3.20. The van der Waals surface area contributed by atoms with Gasteiger partial charge in [0.25, 0.3) is 0 Å². The lowest BCUT2D eigenvalue weighted by Gasteiger charge is -2.04. The largest absolute Gasteiger partial charge is 0.493 e. The van der Waals surface area contributed by atoms with Crippen molar-refractivity contribution in [3.05, 3.63) is 17.5 Å². The van der Waals surface area contributed by atoms with E-state index in [1.807, 2.05) is 11.6 Å². The fraction of sp³-hybridized carbons (Fsp3) is 0.333. The van der Waals surface area contributed by atoms with Crippen LogP contribution in [0.5, 0.6) is 5.75 Å². The first-order valence-corrected chi connectivity index (χ1v) is 4.69. The number of fused-ring (bicyclic) bond motifs is 1. The minimum atomic E-state index is 0.459. The molecule has 0 unspecified atom stereocenters. The third-order valence-corrected chi connectivity index (χ3v) is 2.41. The summed E-state index contributed by atoms with van der Waals surface area (Å²) in [7, 11) is 1.61. The third kappa shape index (κ3) is 1.23. The number of pyridine rings is 1. The first-order valence-electron chi connectivity index (χ1n) is 4.32. The molecule has 0 spiro atoms. The zero-order chi connectivity index (χ0) is 10.1. The topological polar surface area (TPSA) is 39.9 Å². The van der Waals surface area contributed by atoms with Crippen molar-refractivity contribution in [3.63, 3.8) is 0 Å². The van der Waals surface area contributed by atoms with Crippen LogP contribution in [-0.2, 0) is 6.54 Å². The van der Waals surface area contributed by atoms with Crippen molar-refractivity contribution >= 4 is 22.5 Å². The van der Waals surface area contributed by atoms with Crippen LogP contribution in [-0.4, -0.2) is 21.9 Å². The molecule has 2 aromatic rings. The lowest BCUT2D eigenvalue weighted by molar-refractivity contribution is 0.414. The quantitative estimate of drug-likeness (QED) is 0.715. The summed E-state index contributed by atoms with van der Waals surface area (Å²) in [6.07, 6.45) is 3.31. The van der Waals surface area contributed by atoms with E-state index < -0.39 is 0 Å². The Morgan fingerprint density at radius 2 is 2.29 bits per heavy atom. The molecule has 4 nitrogen and oxygen atoms in total. The van der Waals surface area contributed by atoms with Gasteiger partial charge in [-0.25, -0.2) is 4.98 Å². The third-order valence-electron chi connectivity index (χ3n) is 2.11. The minimum Gasteiger partial charge on any atom is -0.493 e. The fourth-order valence-corrected chi connectivity index (χ4v) is 1.62. The molecule has 0 amide bonds.